The van der Waals surface area contributed by atoms with Crippen molar-refractivity contribution in [2.45, 2.75) is 45.9 Å². The molecule has 2 aromatic rings. The first kappa shape index (κ1) is 29.1. The number of hydrogen-bond donors (Lipinski definition) is 2. The lowest BCUT2D eigenvalue weighted by Crippen LogP contribution is -2.74. The molecule has 1 aliphatic carbocycles. The van der Waals surface area contributed by atoms with E-state index < -0.39 is 5.97 Å². The number of rotatable bonds is 8. The Labute approximate surface area is 245 Å². The van der Waals surface area contributed by atoms with Crippen LogP contribution in [0.5, 0.6) is 5.75 Å². The largest absolute Gasteiger partial charge is 0.489 e. The van der Waals surface area contributed by atoms with Crippen molar-refractivity contribution in [2.75, 3.05) is 50.7 Å². The smallest absolute Gasteiger partial charge is 0.317 e. The van der Waals surface area contributed by atoms with Crippen molar-refractivity contribution < 1.29 is 19.4 Å². The highest BCUT2D eigenvalue weighted by molar-refractivity contribution is 6.31. The van der Waals surface area contributed by atoms with Gasteiger partial charge in [0.05, 0.1) is 22.7 Å². The molecule has 2 saturated heterocycles. The molecule has 1 amide bonds. The van der Waals surface area contributed by atoms with E-state index >= 15 is 0 Å². The molecule has 10 nitrogen and oxygen atoms in total. The van der Waals surface area contributed by atoms with E-state index in [2.05, 4.69) is 53.9 Å². The Balaban J connectivity index is 1.14. The molecule has 2 aliphatic heterocycles. The first-order chi connectivity index (χ1) is 19.4. The van der Waals surface area contributed by atoms with Crippen molar-refractivity contribution in [3.05, 3.63) is 52.7 Å². The first-order valence-electron chi connectivity index (χ1n) is 14.0. The molecule has 1 aromatic heterocycles. The Bertz CT molecular complexity index is 1330. The van der Waals surface area contributed by atoms with Crippen LogP contribution in [0, 0.1) is 22.2 Å². The molecule has 41 heavy (non-hydrogen) atoms. The molecule has 0 atom stereocenters. The number of anilines is 1. The fraction of sp³-hybridized carbons (Fsp3) is 0.533. The van der Waals surface area contributed by atoms with Gasteiger partial charge in [-0.15, -0.1) is 0 Å². The Hall–Kier alpha value is -3.39. The Morgan fingerprint density at radius 1 is 1.12 bits per heavy atom. The van der Waals surface area contributed by atoms with Crippen molar-refractivity contribution in [3.63, 3.8) is 0 Å². The molecule has 0 unspecified atom stereocenters. The summed E-state index contributed by atoms with van der Waals surface area (Å²) in [5.74, 6) is 0.496. The summed E-state index contributed by atoms with van der Waals surface area (Å²) in [4.78, 5) is 35.3. The minimum Gasteiger partial charge on any atom is -0.489 e. The van der Waals surface area contributed by atoms with E-state index in [1.54, 1.807) is 24.4 Å². The predicted octanol–water partition coefficient (Wildman–Crippen LogP) is 3.11. The van der Waals surface area contributed by atoms with Crippen LogP contribution < -0.4 is 15.0 Å². The maximum Gasteiger partial charge on any atom is 0.317 e. The van der Waals surface area contributed by atoms with Crippen LogP contribution in [0.15, 0.2) is 36.5 Å². The van der Waals surface area contributed by atoms with Crippen molar-refractivity contribution in [1.29, 1.82) is 5.26 Å². The number of likely N-dealkylation sites (tertiary alicyclic amines) is 1. The van der Waals surface area contributed by atoms with Crippen LogP contribution in [0.1, 0.15) is 43.6 Å². The van der Waals surface area contributed by atoms with Gasteiger partial charge in [0.1, 0.15) is 23.7 Å². The Kier molecular flexibility index (Phi) is 7.90. The second-order valence-electron chi connectivity index (χ2n) is 12.5. The number of halogens is 1. The summed E-state index contributed by atoms with van der Waals surface area (Å²) in [6.07, 6.45) is 1.46. The lowest BCUT2D eigenvalue weighted by molar-refractivity contribution is -0.164. The van der Waals surface area contributed by atoms with Crippen LogP contribution in [-0.2, 0) is 4.79 Å². The molecule has 0 bridgehead atoms. The summed E-state index contributed by atoms with van der Waals surface area (Å²) in [5, 5.41) is 21.6. The van der Waals surface area contributed by atoms with Crippen molar-refractivity contribution in [1.82, 2.24) is 20.1 Å². The van der Waals surface area contributed by atoms with Gasteiger partial charge in [-0.2, -0.15) is 5.26 Å². The number of pyridine rings is 1. The van der Waals surface area contributed by atoms with E-state index in [9.17, 15) is 9.59 Å². The van der Waals surface area contributed by atoms with Gasteiger partial charge >= 0.3 is 5.97 Å². The minimum absolute atomic E-state index is 0.109. The summed E-state index contributed by atoms with van der Waals surface area (Å²) in [7, 11) is 0. The second-order valence-corrected chi connectivity index (χ2v) is 12.9. The zero-order valence-electron chi connectivity index (χ0n) is 23.9. The molecular formula is C30H37ClN6O4. The highest BCUT2D eigenvalue weighted by atomic mass is 35.5. The monoisotopic (exact) mass is 580 g/mol. The number of nitrogens with zero attached hydrogens (tertiary/aromatic N) is 5. The van der Waals surface area contributed by atoms with Gasteiger partial charge in [-0.25, -0.2) is 4.98 Å². The standard InChI is InChI=1S/C30H37ClN6O4/c1-29(2)27(30(3,4)28(29)41-22-7-5-19(14-32)23(31)13-22)34-26(40)20-6-8-24(33-15-20)37-11-9-36(10-12-37)21-16-35(17-21)18-25(38)39/h5-8,13,15,21,27-28H,9-12,16-18H2,1-4H3,(H,34,40)(H,38,39). The number of aromatic nitrogens is 1. The van der Waals surface area contributed by atoms with Crippen LogP contribution in [0.25, 0.3) is 0 Å². The number of carboxylic acids is 1. The minimum atomic E-state index is -0.778. The number of piperazine rings is 1. The molecule has 5 rings (SSSR count). The van der Waals surface area contributed by atoms with Gasteiger partial charge in [-0.1, -0.05) is 39.3 Å². The molecule has 1 aromatic carbocycles. The van der Waals surface area contributed by atoms with E-state index in [-0.39, 0.29) is 35.4 Å². The summed E-state index contributed by atoms with van der Waals surface area (Å²) in [6, 6.07) is 11.1. The zero-order chi connectivity index (χ0) is 29.5. The zero-order valence-corrected chi connectivity index (χ0v) is 24.7. The van der Waals surface area contributed by atoms with Gasteiger partial charge in [-0.3, -0.25) is 19.4 Å². The highest BCUT2D eigenvalue weighted by Crippen LogP contribution is 2.55. The number of carboxylic acid groups (broad SMARTS) is 1. The van der Waals surface area contributed by atoms with E-state index in [1.807, 2.05) is 17.0 Å². The fourth-order valence-corrected chi connectivity index (χ4v) is 7.14. The number of benzene rings is 1. The van der Waals surface area contributed by atoms with Crippen LogP contribution in [0.3, 0.4) is 0 Å². The first-order valence-corrected chi connectivity index (χ1v) is 14.3. The average Bonchev–Trinajstić information content (AvgIpc) is 2.92. The Morgan fingerprint density at radius 2 is 1.80 bits per heavy atom. The SMILES string of the molecule is CC1(C)C(NC(=O)c2ccc(N3CCN(C4CN(CC(=O)O)C4)CC3)nc2)C(C)(C)C1Oc1ccc(C#N)c(Cl)c1. The average molecular weight is 581 g/mol. The number of carbonyl (C=O) groups excluding carboxylic acids is 1. The number of nitrogens with one attached hydrogen (secondary N) is 1. The molecule has 2 N–H and O–H groups in total. The molecule has 3 fully saturated rings. The molecular weight excluding hydrogens is 544 g/mol. The summed E-state index contributed by atoms with van der Waals surface area (Å²) in [6.45, 7) is 13.5. The topological polar surface area (TPSA) is 122 Å². The highest BCUT2D eigenvalue weighted by Gasteiger charge is 2.64. The van der Waals surface area contributed by atoms with Gasteiger partial charge in [0, 0.05) is 74.4 Å². The molecule has 218 valence electrons. The van der Waals surface area contributed by atoms with Crippen LogP contribution in [-0.4, -0.2) is 95.8 Å². The van der Waals surface area contributed by atoms with Gasteiger partial charge in [0.25, 0.3) is 5.91 Å². The van der Waals surface area contributed by atoms with Crippen molar-refractivity contribution >= 4 is 29.3 Å². The van der Waals surface area contributed by atoms with E-state index in [0.717, 1.165) is 45.1 Å². The van der Waals surface area contributed by atoms with Crippen molar-refractivity contribution in [2.24, 2.45) is 10.8 Å². The van der Waals surface area contributed by atoms with Gasteiger partial charge in [-0.05, 0) is 24.3 Å². The third kappa shape index (κ3) is 5.71. The summed E-state index contributed by atoms with van der Waals surface area (Å²) < 4.78 is 6.32. The summed E-state index contributed by atoms with van der Waals surface area (Å²) >= 11 is 6.20. The third-order valence-electron chi connectivity index (χ3n) is 8.89. The van der Waals surface area contributed by atoms with E-state index in [1.165, 1.54) is 0 Å². The van der Waals surface area contributed by atoms with E-state index in [4.69, 9.17) is 26.7 Å². The number of hydrogen-bond acceptors (Lipinski definition) is 8. The molecule has 0 spiro atoms. The number of amides is 1. The number of ether oxygens (including phenoxy) is 1. The molecule has 3 aliphatic rings. The van der Waals surface area contributed by atoms with Crippen LogP contribution in [0.2, 0.25) is 5.02 Å². The summed E-state index contributed by atoms with van der Waals surface area (Å²) in [5.41, 5.74) is 0.211. The van der Waals surface area contributed by atoms with Crippen LogP contribution in [0.4, 0.5) is 5.82 Å². The van der Waals surface area contributed by atoms with Gasteiger partial charge in [0.15, 0.2) is 0 Å². The van der Waals surface area contributed by atoms with Crippen molar-refractivity contribution in [3.8, 4) is 11.8 Å². The number of nitriles is 1. The Morgan fingerprint density at radius 3 is 2.37 bits per heavy atom. The second kappa shape index (κ2) is 11.1. The number of carbonyl (C=O) groups is 2. The van der Waals surface area contributed by atoms with E-state index in [0.29, 0.717) is 27.9 Å². The molecule has 0 radical (unpaired) electrons. The molecule has 3 heterocycles. The molecule has 11 heteroatoms. The normalized spacial score (nSPS) is 24.0. The van der Waals surface area contributed by atoms with Gasteiger partial charge in [0.2, 0.25) is 0 Å². The maximum atomic E-state index is 13.2. The fourth-order valence-electron chi connectivity index (χ4n) is 6.93. The maximum absolute atomic E-state index is 13.2. The number of aliphatic carboxylic acids is 1. The van der Waals surface area contributed by atoms with Gasteiger partial charge < -0.3 is 20.1 Å². The quantitative estimate of drug-likeness (QED) is 0.485. The van der Waals surface area contributed by atoms with Crippen LogP contribution >= 0.6 is 11.6 Å². The molecule has 1 saturated carbocycles. The predicted molar refractivity (Wildman–Crippen MR) is 155 cm³/mol. The third-order valence-corrected chi connectivity index (χ3v) is 9.20. The lowest BCUT2D eigenvalue weighted by atomic mass is 9.49. The lowest BCUT2D eigenvalue weighted by Gasteiger charge is -2.63.